The van der Waals surface area contributed by atoms with Crippen molar-refractivity contribution in [1.29, 1.82) is 0 Å². The number of pyridine rings is 2. The van der Waals surface area contributed by atoms with Gasteiger partial charge < -0.3 is 4.42 Å². The van der Waals surface area contributed by atoms with Gasteiger partial charge in [-0.15, -0.1) is 11.3 Å². The standard InChI is InChI=1S/C48H28N2OS/c1-3-12-29(13-4-1)38-27-32(33-18-11-20-42-45(33)35-16-7-9-19-41(35)51-42)28-39(49-38)31-22-23-34-40(26-31)50-48(30-14-5-2-6-15-30)37-24-25-44-47(46(34)37)36-17-8-10-21-43(36)52-44/h1-28H. The summed E-state index contributed by atoms with van der Waals surface area (Å²) in [6.45, 7) is 0. The Morgan fingerprint density at radius 2 is 1.08 bits per heavy atom. The van der Waals surface area contributed by atoms with E-state index in [2.05, 4.69) is 152 Å². The summed E-state index contributed by atoms with van der Waals surface area (Å²) in [7, 11) is 0. The molecule has 3 nitrogen and oxygen atoms in total. The highest BCUT2D eigenvalue weighted by molar-refractivity contribution is 7.26. The lowest BCUT2D eigenvalue weighted by Crippen LogP contribution is -1.94. The number of aromatic nitrogens is 2. The Kier molecular flexibility index (Phi) is 6.42. The monoisotopic (exact) mass is 680 g/mol. The van der Waals surface area contributed by atoms with Crippen LogP contribution in [0.4, 0.5) is 0 Å². The van der Waals surface area contributed by atoms with Gasteiger partial charge in [-0.25, -0.2) is 9.97 Å². The molecule has 52 heavy (non-hydrogen) atoms. The second-order valence-corrected chi connectivity index (χ2v) is 14.4. The van der Waals surface area contributed by atoms with Crippen LogP contribution < -0.4 is 0 Å². The maximum absolute atomic E-state index is 6.30. The minimum absolute atomic E-state index is 0.876. The Morgan fingerprint density at radius 3 is 1.92 bits per heavy atom. The third kappa shape index (κ3) is 4.51. The zero-order chi connectivity index (χ0) is 34.2. The Hall–Kier alpha value is -6.62. The Labute approximate surface area is 303 Å². The van der Waals surface area contributed by atoms with Crippen molar-refractivity contribution in [3.05, 3.63) is 170 Å². The van der Waals surface area contributed by atoms with Crippen molar-refractivity contribution >= 4 is 75.1 Å². The van der Waals surface area contributed by atoms with Crippen molar-refractivity contribution in [2.24, 2.45) is 0 Å². The van der Waals surface area contributed by atoms with Crippen LogP contribution in [0.2, 0.25) is 0 Å². The van der Waals surface area contributed by atoms with Crippen LogP contribution >= 0.6 is 11.3 Å². The summed E-state index contributed by atoms with van der Waals surface area (Å²) in [5.41, 5.74) is 10.9. The van der Waals surface area contributed by atoms with Crippen LogP contribution in [-0.4, -0.2) is 9.97 Å². The van der Waals surface area contributed by atoms with Gasteiger partial charge in [0.2, 0.25) is 0 Å². The SMILES string of the molecule is c1ccc(-c2cc(-c3cccc4oc5ccccc5c34)cc(-c3ccc4c(c3)nc(-c3ccccc3)c3ccc5sc6ccccc6c5c34)n2)cc1. The molecular weight excluding hydrogens is 653 g/mol. The maximum Gasteiger partial charge on any atom is 0.136 e. The van der Waals surface area contributed by atoms with Gasteiger partial charge in [-0.05, 0) is 53.6 Å². The van der Waals surface area contributed by atoms with Gasteiger partial charge in [0.05, 0.1) is 22.6 Å². The first-order chi connectivity index (χ1) is 25.8. The van der Waals surface area contributed by atoms with Gasteiger partial charge in [-0.2, -0.15) is 0 Å². The molecule has 0 fully saturated rings. The molecule has 0 aliphatic heterocycles. The van der Waals surface area contributed by atoms with Crippen LogP contribution in [0.3, 0.4) is 0 Å². The van der Waals surface area contributed by atoms with E-state index < -0.39 is 0 Å². The summed E-state index contributed by atoms with van der Waals surface area (Å²) in [5, 5.41) is 8.34. The lowest BCUT2D eigenvalue weighted by Gasteiger charge is -2.14. The summed E-state index contributed by atoms with van der Waals surface area (Å²) >= 11 is 1.85. The van der Waals surface area contributed by atoms with Crippen molar-refractivity contribution in [3.8, 4) is 44.9 Å². The zero-order valence-corrected chi connectivity index (χ0v) is 28.7. The van der Waals surface area contributed by atoms with E-state index >= 15 is 0 Å². The molecule has 0 atom stereocenters. The van der Waals surface area contributed by atoms with Gasteiger partial charge in [0.25, 0.3) is 0 Å². The van der Waals surface area contributed by atoms with Crippen molar-refractivity contribution in [2.75, 3.05) is 0 Å². The molecule has 242 valence electrons. The molecule has 0 bridgehead atoms. The molecule has 4 aromatic heterocycles. The summed E-state index contributed by atoms with van der Waals surface area (Å²) in [5.74, 6) is 0. The molecule has 7 aromatic carbocycles. The lowest BCUT2D eigenvalue weighted by molar-refractivity contribution is 0.669. The van der Waals surface area contributed by atoms with E-state index in [0.717, 1.165) is 83.1 Å². The van der Waals surface area contributed by atoms with Crippen LogP contribution in [0.5, 0.6) is 0 Å². The van der Waals surface area contributed by atoms with Crippen molar-refractivity contribution < 1.29 is 4.42 Å². The molecular formula is C48H28N2OS. The molecule has 0 saturated carbocycles. The largest absolute Gasteiger partial charge is 0.456 e. The molecule has 0 spiro atoms. The topological polar surface area (TPSA) is 38.9 Å². The number of para-hydroxylation sites is 1. The quantitative estimate of drug-likeness (QED) is 0.174. The number of furan rings is 1. The number of rotatable bonds is 4. The Bertz CT molecular complexity index is 3180. The first kappa shape index (κ1) is 29.1. The van der Waals surface area contributed by atoms with Gasteiger partial charge in [0.15, 0.2) is 0 Å². The van der Waals surface area contributed by atoms with Gasteiger partial charge in [0.1, 0.15) is 11.2 Å². The normalized spacial score (nSPS) is 11.8. The zero-order valence-electron chi connectivity index (χ0n) is 27.9. The molecule has 11 rings (SSSR count). The minimum Gasteiger partial charge on any atom is -0.456 e. The van der Waals surface area contributed by atoms with E-state index in [1.54, 1.807) is 0 Å². The van der Waals surface area contributed by atoms with Crippen LogP contribution in [0.25, 0.3) is 109 Å². The van der Waals surface area contributed by atoms with E-state index in [1.807, 2.05) is 29.5 Å². The summed E-state index contributed by atoms with van der Waals surface area (Å²) < 4.78 is 8.88. The molecule has 0 unspecified atom stereocenters. The lowest BCUT2D eigenvalue weighted by atomic mass is 9.94. The second kappa shape index (κ2) is 11.5. The van der Waals surface area contributed by atoms with Crippen molar-refractivity contribution in [1.82, 2.24) is 9.97 Å². The molecule has 0 radical (unpaired) electrons. The average Bonchev–Trinajstić information content (AvgIpc) is 3.79. The third-order valence-electron chi connectivity index (χ3n) is 10.2. The predicted molar refractivity (Wildman–Crippen MR) is 219 cm³/mol. The highest BCUT2D eigenvalue weighted by Crippen LogP contribution is 2.44. The van der Waals surface area contributed by atoms with E-state index in [-0.39, 0.29) is 0 Å². The van der Waals surface area contributed by atoms with Crippen LogP contribution in [0.1, 0.15) is 0 Å². The fourth-order valence-electron chi connectivity index (χ4n) is 7.89. The van der Waals surface area contributed by atoms with Gasteiger partial charge in [-0.1, -0.05) is 127 Å². The third-order valence-corrected chi connectivity index (χ3v) is 11.4. The number of thiophene rings is 1. The van der Waals surface area contributed by atoms with Gasteiger partial charge in [-0.3, -0.25) is 0 Å². The van der Waals surface area contributed by atoms with E-state index in [0.29, 0.717) is 0 Å². The molecule has 4 heteroatoms. The number of fused-ring (bicyclic) bond motifs is 10. The van der Waals surface area contributed by atoms with Gasteiger partial charge >= 0.3 is 0 Å². The van der Waals surface area contributed by atoms with E-state index in [1.165, 1.54) is 25.6 Å². The van der Waals surface area contributed by atoms with E-state index in [4.69, 9.17) is 14.4 Å². The van der Waals surface area contributed by atoms with E-state index in [9.17, 15) is 0 Å². The fraction of sp³-hybridized carbons (Fsp3) is 0. The first-order valence-electron chi connectivity index (χ1n) is 17.5. The van der Waals surface area contributed by atoms with Crippen molar-refractivity contribution in [3.63, 3.8) is 0 Å². The van der Waals surface area contributed by atoms with Crippen LogP contribution in [0, 0.1) is 0 Å². The average molecular weight is 681 g/mol. The molecule has 4 heterocycles. The predicted octanol–water partition coefficient (Wildman–Crippen LogP) is 13.7. The smallest absolute Gasteiger partial charge is 0.136 e. The Balaban J connectivity index is 1.20. The molecule has 0 aliphatic rings. The summed E-state index contributed by atoms with van der Waals surface area (Å²) in [6, 6.07) is 60.0. The minimum atomic E-state index is 0.876. The number of hydrogen-bond donors (Lipinski definition) is 0. The summed E-state index contributed by atoms with van der Waals surface area (Å²) in [4.78, 5) is 10.7. The van der Waals surface area contributed by atoms with Gasteiger partial charge in [0, 0.05) is 63.8 Å². The van der Waals surface area contributed by atoms with Crippen molar-refractivity contribution in [2.45, 2.75) is 0 Å². The highest BCUT2D eigenvalue weighted by Gasteiger charge is 2.19. The fourth-order valence-corrected chi connectivity index (χ4v) is 9.01. The first-order valence-corrected chi connectivity index (χ1v) is 18.3. The number of hydrogen-bond acceptors (Lipinski definition) is 4. The molecule has 0 amide bonds. The highest BCUT2D eigenvalue weighted by atomic mass is 32.1. The maximum atomic E-state index is 6.30. The Morgan fingerprint density at radius 1 is 0.385 bits per heavy atom. The second-order valence-electron chi connectivity index (χ2n) is 13.3. The number of benzene rings is 7. The summed E-state index contributed by atoms with van der Waals surface area (Å²) in [6.07, 6.45) is 0. The molecule has 0 saturated heterocycles. The van der Waals surface area contributed by atoms with Crippen LogP contribution in [0.15, 0.2) is 174 Å². The molecule has 0 aliphatic carbocycles. The van der Waals surface area contributed by atoms with Crippen LogP contribution in [-0.2, 0) is 0 Å². The molecule has 0 N–H and O–H groups in total. The number of nitrogens with zero attached hydrogens (tertiary/aromatic N) is 2. The molecule has 11 aromatic rings.